The Hall–Kier alpha value is -1.87. The van der Waals surface area contributed by atoms with Gasteiger partial charge in [-0.2, -0.15) is 0 Å². The molecule has 0 saturated carbocycles. The number of anilines is 1. The number of nitrogens with two attached hydrogens (primary N) is 1. The molecule has 20 heavy (non-hydrogen) atoms. The van der Waals surface area contributed by atoms with Gasteiger partial charge < -0.3 is 10.6 Å². The van der Waals surface area contributed by atoms with Gasteiger partial charge in [-0.3, -0.25) is 0 Å². The highest BCUT2D eigenvalue weighted by Gasteiger charge is 2.25. The molecule has 1 atom stereocenters. The molecule has 1 unspecified atom stereocenters. The van der Waals surface area contributed by atoms with Crippen molar-refractivity contribution < 1.29 is 4.39 Å². The van der Waals surface area contributed by atoms with Crippen molar-refractivity contribution >= 4 is 5.69 Å². The zero-order valence-corrected chi connectivity index (χ0v) is 11.4. The lowest BCUT2D eigenvalue weighted by Crippen LogP contribution is -2.20. The summed E-state index contributed by atoms with van der Waals surface area (Å²) in [6.07, 6.45) is 1.07. The van der Waals surface area contributed by atoms with E-state index < -0.39 is 0 Å². The summed E-state index contributed by atoms with van der Waals surface area (Å²) in [5.41, 5.74) is 8.41. The molecule has 3 heteroatoms. The Balaban J connectivity index is 1.77. The first-order valence-electron chi connectivity index (χ1n) is 7.06. The first kappa shape index (κ1) is 13.1. The molecule has 0 aromatic heterocycles. The lowest BCUT2D eigenvalue weighted by Gasteiger charge is -2.20. The molecular formula is C17H19FN2. The van der Waals surface area contributed by atoms with Gasteiger partial charge in [-0.15, -0.1) is 0 Å². The summed E-state index contributed by atoms with van der Waals surface area (Å²) in [4.78, 5) is 2.13. The zero-order valence-electron chi connectivity index (χ0n) is 11.4. The number of halogens is 1. The zero-order chi connectivity index (χ0) is 13.9. The van der Waals surface area contributed by atoms with Crippen LogP contribution in [0.15, 0.2) is 48.5 Å². The topological polar surface area (TPSA) is 29.3 Å². The fourth-order valence-corrected chi connectivity index (χ4v) is 2.91. The second-order valence-electron chi connectivity index (χ2n) is 5.33. The minimum Gasteiger partial charge on any atom is -0.369 e. The minimum atomic E-state index is -0.165. The summed E-state index contributed by atoms with van der Waals surface area (Å²) in [6.45, 7) is 2.16. The van der Waals surface area contributed by atoms with E-state index in [2.05, 4.69) is 29.2 Å². The van der Waals surface area contributed by atoms with E-state index in [1.54, 1.807) is 6.07 Å². The molecule has 1 heterocycles. The van der Waals surface area contributed by atoms with Crippen LogP contribution >= 0.6 is 0 Å². The van der Waals surface area contributed by atoms with E-state index in [4.69, 9.17) is 5.73 Å². The van der Waals surface area contributed by atoms with E-state index in [1.807, 2.05) is 18.2 Å². The maximum atomic E-state index is 14.1. The van der Waals surface area contributed by atoms with Gasteiger partial charge in [-0.1, -0.05) is 36.4 Å². The number of benzene rings is 2. The van der Waals surface area contributed by atoms with E-state index in [0.717, 1.165) is 25.1 Å². The molecule has 1 saturated heterocycles. The van der Waals surface area contributed by atoms with Crippen LogP contribution in [0, 0.1) is 5.82 Å². The maximum absolute atomic E-state index is 14.1. The molecule has 0 radical (unpaired) electrons. The van der Waals surface area contributed by atoms with Gasteiger partial charge in [-0.25, -0.2) is 4.39 Å². The van der Waals surface area contributed by atoms with E-state index in [9.17, 15) is 4.39 Å². The minimum absolute atomic E-state index is 0.165. The molecule has 1 aliphatic rings. The summed E-state index contributed by atoms with van der Waals surface area (Å²) in [7, 11) is 0. The second kappa shape index (κ2) is 5.63. The third kappa shape index (κ3) is 2.54. The van der Waals surface area contributed by atoms with Crippen molar-refractivity contribution in [3.05, 3.63) is 65.5 Å². The van der Waals surface area contributed by atoms with Gasteiger partial charge in [0.05, 0.1) is 5.69 Å². The van der Waals surface area contributed by atoms with Gasteiger partial charge >= 0.3 is 0 Å². The Labute approximate surface area is 119 Å². The number of rotatable bonds is 3. The Morgan fingerprint density at radius 2 is 1.95 bits per heavy atom. The number of hydrogen-bond acceptors (Lipinski definition) is 2. The molecule has 2 aromatic carbocycles. The van der Waals surface area contributed by atoms with E-state index in [0.29, 0.717) is 18.2 Å². The highest BCUT2D eigenvalue weighted by atomic mass is 19.1. The molecule has 1 aliphatic heterocycles. The summed E-state index contributed by atoms with van der Waals surface area (Å²) in [6, 6.07) is 15.8. The van der Waals surface area contributed by atoms with E-state index in [-0.39, 0.29) is 5.82 Å². The van der Waals surface area contributed by atoms with Gasteiger partial charge in [0, 0.05) is 25.6 Å². The Kier molecular flexibility index (Phi) is 3.70. The normalized spacial score (nSPS) is 18.5. The molecule has 0 aliphatic carbocycles. The largest absolute Gasteiger partial charge is 0.369 e. The van der Waals surface area contributed by atoms with Crippen LogP contribution in [-0.4, -0.2) is 13.1 Å². The molecule has 0 bridgehead atoms. The van der Waals surface area contributed by atoms with Crippen molar-refractivity contribution in [3.8, 4) is 0 Å². The highest BCUT2D eigenvalue weighted by molar-refractivity contribution is 5.51. The molecule has 2 aromatic rings. The van der Waals surface area contributed by atoms with Crippen molar-refractivity contribution in [2.45, 2.75) is 18.9 Å². The lowest BCUT2D eigenvalue weighted by molar-refractivity contribution is 0.620. The highest BCUT2D eigenvalue weighted by Crippen LogP contribution is 2.32. The van der Waals surface area contributed by atoms with Crippen LogP contribution in [0.2, 0.25) is 0 Å². The molecule has 2 N–H and O–H groups in total. The van der Waals surface area contributed by atoms with Crippen LogP contribution in [-0.2, 0) is 6.54 Å². The standard InChI is InChI=1S/C17H19FN2/c18-16-10-13(11-19)6-7-17(16)20-9-8-15(12-20)14-4-2-1-3-5-14/h1-7,10,15H,8-9,11-12,19H2. The van der Waals surface area contributed by atoms with Crippen molar-refractivity contribution in [3.63, 3.8) is 0 Å². The molecule has 3 rings (SSSR count). The Morgan fingerprint density at radius 3 is 2.65 bits per heavy atom. The fraction of sp³-hybridized carbons (Fsp3) is 0.294. The van der Waals surface area contributed by atoms with Crippen LogP contribution in [0.1, 0.15) is 23.5 Å². The second-order valence-corrected chi connectivity index (χ2v) is 5.33. The van der Waals surface area contributed by atoms with Crippen molar-refractivity contribution in [1.29, 1.82) is 0 Å². The molecular weight excluding hydrogens is 251 g/mol. The number of nitrogens with zero attached hydrogens (tertiary/aromatic N) is 1. The monoisotopic (exact) mass is 270 g/mol. The van der Waals surface area contributed by atoms with Crippen LogP contribution in [0.5, 0.6) is 0 Å². The lowest BCUT2D eigenvalue weighted by atomic mass is 9.99. The summed E-state index contributed by atoms with van der Waals surface area (Å²) in [5.74, 6) is 0.325. The van der Waals surface area contributed by atoms with E-state index in [1.165, 1.54) is 5.56 Å². The van der Waals surface area contributed by atoms with Crippen molar-refractivity contribution in [2.24, 2.45) is 5.73 Å². The summed E-state index contributed by atoms with van der Waals surface area (Å²) in [5, 5.41) is 0. The van der Waals surface area contributed by atoms with Crippen LogP contribution in [0.4, 0.5) is 10.1 Å². The maximum Gasteiger partial charge on any atom is 0.146 e. The van der Waals surface area contributed by atoms with Crippen molar-refractivity contribution in [2.75, 3.05) is 18.0 Å². The van der Waals surface area contributed by atoms with Gasteiger partial charge in [-0.05, 0) is 29.7 Å². The molecule has 0 spiro atoms. The van der Waals surface area contributed by atoms with Gasteiger partial charge in [0.2, 0.25) is 0 Å². The van der Waals surface area contributed by atoms with Gasteiger partial charge in [0.15, 0.2) is 0 Å². The third-order valence-corrected chi connectivity index (χ3v) is 4.05. The Morgan fingerprint density at radius 1 is 1.15 bits per heavy atom. The van der Waals surface area contributed by atoms with Gasteiger partial charge in [0.25, 0.3) is 0 Å². The first-order chi connectivity index (χ1) is 9.78. The van der Waals surface area contributed by atoms with Crippen LogP contribution < -0.4 is 10.6 Å². The third-order valence-electron chi connectivity index (χ3n) is 4.05. The van der Waals surface area contributed by atoms with E-state index >= 15 is 0 Å². The average molecular weight is 270 g/mol. The summed E-state index contributed by atoms with van der Waals surface area (Å²) < 4.78 is 14.1. The first-order valence-corrected chi connectivity index (χ1v) is 7.06. The smallest absolute Gasteiger partial charge is 0.146 e. The van der Waals surface area contributed by atoms with Crippen LogP contribution in [0.25, 0.3) is 0 Å². The molecule has 2 nitrogen and oxygen atoms in total. The van der Waals surface area contributed by atoms with Crippen LogP contribution in [0.3, 0.4) is 0 Å². The van der Waals surface area contributed by atoms with Crippen molar-refractivity contribution in [1.82, 2.24) is 0 Å². The molecule has 1 fully saturated rings. The predicted octanol–water partition coefficient (Wildman–Crippen LogP) is 3.28. The predicted molar refractivity (Wildman–Crippen MR) is 80.3 cm³/mol. The van der Waals surface area contributed by atoms with Gasteiger partial charge in [0.1, 0.15) is 5.82 Å². The average Bonchev–Trinajstić information content (AvgIpc) is 2.97. The SMILES string of the molecule is NCc1ccc(N2CCC(c3ccccc3)C2)c(F)c1. The number of hydrogen-bond donors (Lipinski definition) is 1. The summed E-state index contributed by atoms with van der Waals surface area (Å²) >= 11 is 0. The molecule has 0 amide bonds. The fourth-order valence-electron chi connectivity index (χ4n) is 2.91. The Bertz CT molecular complexity index is 583. The quantitative estimate of drug-likeness (QED) is 0.927. The molecule has 104 valence electrons.